The number of ether oxygens (including phenoxy) is 1. The Morgan fingerprint density at radius 3 is 2.86 bits per heavy atom. The van der Waals surface area contributed by atoms with Crippen molar-refractivity contribution in [3.8, 4) is 10.8 Å². The Kier molecular flexibility index (Phi) is 2.31. The van der Waals surface area contributed by atoms with Crippen LogP contribution in [0.4, 0.5) is 0 Å². The molecule has 0 atom stereocenters. The fraction of sp³-hybridized carbons (Fsp3) is 0.200. The summed E-state index contributed by atoms with van der Waals surface area (Å²) in [6.45, 7) is -0.0477. The number of rotatable bonds is 2. The number of phenolic OH excluding ortho intramolecular Hbond substituents is 1. The van der Waals surface area contributed by atoms with Crippen LogP contribution in [0.5, 0.6) is 10.8 Å². The van der Waals surface area contributed by atoms with Crippen molar-refractivity contribution in [1.29, 1.82) is 0 Å². The predicted molar refractivity (Wildman–Crippen MR) is 56.0 cm³/mol. The highest BCUT2D eigenvalue weighted by atomic mass is 32.1. The Morgan fingerprint density at radius 2 is 2.21 bits per heavy atom. The quantitative estimate of drug-likeness (QED) is 0.798. The molecule has 1 aromatic carbocycles. The lowest BCUT2D eigenvalue weighted by atomic mass is 10.2. The maximum absolute atomic E-state index is 9.28. The van der Waals surface area contributed by atoms with Crippen LogP contribution in [0.1, 0.15) is 5.56 Å². The largest absolute Gasteiger partial charge is 0.508 e. The van der Waals surface area contributed by atoms with Gasteiger partial charge in [-0.1, -0.05) is 11.3 Å². The fourth-order valence-corrected chi connectivity index (χ4v) is 2.49. The van der Waals surface area contributed by atoms with Crippen LogP contribution in [-0.4, -0.2) is 17.3 Å². The first kappa shape index (κ1) is 9.30. The van der Waals surface area contributed by atoms with Gasteiger partial charge in [0.2, 0.25) is 0 Å². The van der Waals surface area contributed by atoms with E-state index in [-0.39, 0.29) is 12.4 Å². The molecule has 0 aliphatic carbocycles. The number of phenols is 1. The van der Waals surface area contributed by atoms with Gasteiger partial charge in [0.15, 0.2) is 5.06 Å². The van der Waals surface area contributed by atoms with Gasteiger partial charge < -0.3 is 14.9 Å². The SMILES string of the molecule is COc1sc2cc(O)ccc2c1CO. The summed E-state index contributed by atoms with van der Waals surface area (Å²) in [6.07, 6.45) is 0. The van der Waals surface area contributed by atoms with Crippen LogP contribution in [0.15, 0.2) is 18.2 Å². The first-order chi connectivity index (χ1) is 6.76. The summed E-state index contributed by atoms with van der Waals surface area (Å²) in [4.78, 5) is 0. The summed E-state index contributed by atoms with van der Waals surface area (Å²) < 4.78 is 6.06. The molecule has 0 aliphatic heterocycles. The fourth-order valence-electron chi connectivity index (χ4n) is 1.43. The Morgan fingerprint density at radius 1 is 1.43 bits per heavy atom. The maximum atomic E-state index is 9.28. The second-order valence-electron chi connectivity index (χ2n) is 2.91. The minimum Gasteiger partial charge on any atom is -0.508 e. The summed E-state index contributed by atoms with van der Waals surface area (Å²) in [5.74, 6) is 0.228. The van der Waals surface area contributed by atoms with Gasteiger partial charge >= 0.3 is 0 Å². The monoisotopic (exact) mass is 210 g/mol. The number of hydrogen-bond acceptors (Lipinski definition) is 4. The molecule has 0 unspecified atom stereocenters. The molecule has 0 aliphatic rings. The van der Waals surface area contributed by atoms with Crippen molar-refractivity contribution < 1.29 is 14.9 Å². The highest BCUT2D eigenvalue weighted by Crippen LogP contribution is 2.38. The van der Waals surface area contributed by atoms with E-state index in [2.05, 4.69) is 0 Å². The number of aliphatic hydroxyl groups is 1. The molecular weight excluding hydrogens is 200 g/mol. The topological polar surface area (TPSA) is 49.7 Å². The molecule has 74 valence electrons. The highest BCUT2D eigenvalue weighted by Gasteiger charge is 2.11. The second kappa shape index (κ2) is 3.48. The zero-order valence-electron chi connectivity index (χ0n) is 7.65. The molecule has 0 spiro atoms. The summed E-state index contributed by atoms with van der Waals surface area (Å²) in [5, 5.41) is 20.1. The normalized spacial score (nSPS) is 10.7. The van der Waals surface area contributed by atoms with E-state index in [1.54, 1.807) is 25.3 Å². The Hall–Kier alpha value is -1.26. The van der Waals surface area contributed by atoms with Gasteiger partial charge in [-0.3, -0.25) is 0 Å². The number of methoxy groups -OCH3 is 1. The van der Waals surface area contributed by atoms with E-state index in [4.69, 9.17) is 9.84 Å². The summed E-state index contributed by atoms with van der Waals surface area (Å²) in [7, 11) is 1.57. The van der Waals surface area contributed by atoms with Gasteiger partial charge in [-0.25, -0.2) is 0 Å². The summed E-state index contributed by atoms with van der Waals surface area (Å²) in [6, 6.07) is 5.06. The van der Waals surface area contributed by atoms with Gasteiger partial charge in [-0.15, -0.1) is 0 Å². The molecule has 3 nitrogen and oxygen atoms in total. The van der Waals surface area contributed by atoms with E-state index >= 15 is 0 Å². The van der Waals surface area contributed by atoms with Gasteiger partial charge in [0, 0.05) is 15.6 Å². The van der Waals surface area contributed by atoms with Gasteiger partial charge in [0.25, 0.3) is 0 Å². The van der Waals surface area contributed by atoms with Crippen LogP contribution in [0, 0.1) is 0 Å². The molecule has 14 heavy (non-hydrogen) atoms. The molecule has 0 amide bonds. The third kappa shape index (κ3) is 1.32. The first-order valence-corrected chi connectivity index (χ1v) is 4.97. The first-order valence-electron chi connectivity index (χ1n) is 4.15. The highest BCUT2D eigenvalue weighted by molar-refractivity contribution is 7.21. The lowest BCUT2D eigenvalue weighted by Crippen LogP contribution is -1.86. The molecule has 0 saturated heterocycles. The third-order valence-electron chi connectivity index (χ3n) is 2.08. The number of thiophene rings is 1. The molecule has 2 N–H and O–H groups in total. The van der Waals surface area contributed by atoms with Crippen molar-refractivity contribution in [2.75, 3.05) is 7.11 Å². The van der Waals surface area contributed by atoms with Gasteiger partial charge in [-0.2, -0.15) is 0 Å². The third-order valence-corrected chi connectivity index (χ3v) is 3.24. The van der Waals surface area contributed by atoms with E-state index in [0.29, 0.717) is 5.06 Å². The van der Waals surface area contributed by atoms with Gasteiger partial charge in [0.05, 0.1) is 13.7 Å². The Balaban J connectivity index is 2.73. The molecule has 4 heteroatoms. The Bertz CT molecular complexity index is 462. The number of aliphatic hydroxyl groups excluding tert-OH is 1. The molecule has 2 rings (SSSR count). The molecule has 0 fully saturated rings. The zero-order chi connectivity index (χ0) is 10.1. The summed E-state index contributed by atoms with van der Waals surface area (Å²) >= 11 is 1.42. The van der Waals surface area contributed by atoms with Crippen molar-refractivity contribution >= 4 is 21.4 Å². The molecular formula is C10H10O3S. The predicted octanol–water partition coefficient (Wildman–Crippen LogP) is 2.11. The summed E-state index contributed by atoms with van der Waals surface area (Å²) in [5.41, 5.74) is 0.785. The molecule has 1 heterocycles. The second-order valence-corrected chi connectivity index (χ2v) is 3.93. The van der Waals surface area contributed by atoms with E-state index < -0.39 is 0 Å². The van der Waals surface area contributed by atoms with E-state index in [9.17, 15) is 5.11 Å². The van der Waals surface area contributed by atoms with Crippen LogP contribution in [0.25, 0.3) is 10.1 Å². The van der Waals surface area contributed by atoms with Crippen LogP contribution in [-0.2, 0) is 6.61 Å². The van der Waals surface area contributed by atoms with Crippen molar-refractivity contribution in [3.63, 3.8) is 0 Å². The number of fused-ring (bicyclic) bond motifs is 1. The van der Waals surface area contributed by atoms with Crippen LogP contribution < -0.4 is 4.74 Å². The zero-order valence-corrected chi connectivity index (χ0v) is 8.47. The average Bonchev–Trinajstić information content (AvgIpc) is 2.54. The molecule has 1 aromatic heterocycles. The lowest BCUT2D eigenvalue weighted by Gasteiger charge is -1.97. The Labute approximate surface area is 85.2 Å². The maximum Gasteiger partial charge on any atom is 0.180 e. The van der Waals surface area contributed by atoms with Crippen LogP contribution in [0.2, 0.25) is 0 Å². The van der Waals surface area contributed by atoms with E-state index in [0.717, 1.165) is 15.6 Å². The molecule has 0 bridgehead atoms. The van der Waals surface area contributed by atoms with Crippen molar-refractivity contribution in [3.05, 3.63) is 23.8 Å². The minimum atomic E-state index is -0.0477. The van der Waals surface area contributed by atoms with Gasteiger partial charge in [0.1, 0.15) is 5.75 Å². The standard InChI is InChI=1S/C10H10O3S/c1-13-10-8(5-11)7-3-2-6(12)4-9(7)14-10/h2-4,11-12H,5H2,1H3. The van der Waals surface area contributed by atoms with Crippen molar-refractivity contribution in [1.82, 2.24) is 0 Å². The number of benzene rings is 1. The van der Waals surface area contributed by atoms with E-state index in [1.807, 2.05) is 0 Å². The smallest absolute Gasteiger partial charge is 0.180 e. The minimum absolute atomic E-state index is 0.0477. The van der Waals surface area contributed by atoms with E-state index in [1.165, 1.54) is 11.3 Å². The lowest BCUT2D eigenvalue weighted by molar-refractivity contribution is 0.277. The number of hydrogen-bond donors (Lipinski definition) is 2. The molecule has 0 radical (unpaired) electrons. The van der Waals surface area contributed by atoms with Crippen LogP contribution >= 0.6 is 11.3 Å². The van der Waals surface area contributed by atoms with Crippen molar-refractivity contribution in [2.45, 2.75) is 6.61 Å². The van der Waals surface area contributed by atoms with Gasteiger partial charge in [-0.05, 0) is 18.2 Å². The van der Waals surface area contributed by atoms with Crippen LogP contribution in [0.3, 0.4) is 0 Å². The molecule has 2 aromatic rings. The van der Waals surface area contributed by atoms with Crippen molar-refractivity contribution in [2.24, 2.45) is 0 Å². The molecule has 0 saturated carbocycles. The number of aromatic hydroxyl groups is 1. The average molecular weight is 210 g/mol.